The van der Waals surface area contributed by atoms with Gasteiger partial charge in [-0.1, -0.05) is 72.8 Å². The average molecular weight is 452 g/mol. The molecule has 5 rings (SSSR count). The minimum Gasteiger partial charge on any atom is -0.497 e. The number of hydrogen-bond acceptors (Lipinski definition) is 5. The first-order valence-electron chi connectivity index (χ1n) is 11.2. The molecule has 34 heavy (non-hydrogen) atoms. The SMILES string of the molecule is COc1ccc([C@H]2C[C@@H](c3ccccc3)n3nc(NC(=O)/C=C/c4ccccc4)nc3N2)cc1. The van der Waals surface area contributed by atoms with Crippen LogP contribution in [0.4, 0.5) is 11.9 Å². The maximum atomic E-state index is 12.5. The van der Waals surface area contributed by atoms with Crippen LogP contribution in [-0.2, 0) is 4.79 Å². The van der Waals surface area contributed by atoms with Gasteiger partial charge >= 0.3 is 0 Å². The molecule has 0 saturated carbocycles. The van der Waals surface area contributed by atoms with E-state index in [9.17, 15) is 4.79 Å². The Balaban J connectivity index is 1.40. The van der Waals surface area contributed by atoms with Crippen molar-refractivity contribution in [3.63, 3.8) is 0 Å². The number of carbonyl (C=O) groups excluding carboxylic acids is 1. The van der Waals surface area contributed by atoms with Crippen molar-refractivity contribution >= 4 is 23.9 Å². The fourth-order valence-electron chi connectivity index (χ4n) is 4.13. The summed E-state index contributed by atoms with van der Waals surface area (Å²) in [5.74, 6) is 1.41. The maximum Gasteiger partial charge on any atom is 0.250 e. The molecule has 2 N–H and O–H groups in total. The van der Waals surface area contributed by atoms with E-state index in [2.05, 4.69) is 45.0 Å². The Hall–Kier alpha value is -4.39. The van der Waals surface area contributed by atoms with Crippen LogP contribution < -0.4 is 15.4 Å². The van der Waals surface area contributed by atoms with E-state index in [1.54, 1.807) is 13.2 Å². The van der Waals surface area contributed by atoms with E-state index >= 15 is 0 Å². The molecule has 0 aliphatic carbocycles. The predicted octanol–water partition coefficient (Wildman–Crippen LogP) is 5.08. The number of rotatable bonds is 6. The second-order valence-electron chi connectivity index (χ2n) is 8.07. The number of hydrogen-bond donors (Lipinski definition) is 2. The first-order valence-corrected chi connectivity index (χ1v) is 11.2. The average Bonchev–Trinajstić information content (AvgIpc) is 3.30. The molecular weight excluding hydrogens is 426 g/mol. The lowest BCUT2D eigenvalue weighted by atomic mass is 9.93. The number of nitrogens with zero attached hydrogens (tertiary/aromatic N) is 3. The third-order valence-corrected chi connectivity index (χ3v) is 5.85. The van der Waals surface area contributed by atoms with Crippen LogP contribution in [0.15, 0.2) is 91.0 Å². The smallest absolute Gasteiger partial charge is 0.250 e. The molecular formula is C27H25N5O2. The van der Waals surface area contributed by atoms with Crippen LogP contribution in [0.25, 0.3) is 6.08 Å². The Bertz CT molecular complexity index is 1280. The number of aromatic nitrogens is 3. The Labute approximate surface area is 198 Å². The van der Waals surface area contributed by atoms with E-state index in [0.29, 0.717) is 5.95 Å². The van der Waals surface area contributed by atoms with Crippen LogP contribution in [0.5, 0.6) is 5.75 Å². The lowest BCUT2D eigenvalue weighted by Gasteiger charge is -2.31. The predicted molar refractivity (Wildman–Crippen MR) is 133 cm³/mol. The van der Waals surface area contributed by atoms with Gasteiger partial charge in [-0.2, -0.15) is 4.98 Å². The second kappa shape index (κ2) is 9.62. The minimum absolute atomic E-state index is 0.0254. The van der Waals surface area contributed by atoms with Gasteiger partial charge in [-0.15, -0.1) is 5.10 Å². The van der Waals surface area contributed by atoms with E-state index < -0.39 is 0 Å². The molecule has 4 aromatic rings. The zero-order valence-corrected chi connectivity index (χ0v) is 18.8. The molecule has 0 spiro atoms. The molecule has 1 aromatic heterocycles. The number of benzene rings is 3. The topological polar surface area (TPSA) is 81.1 Å². The van der Waals surface area contributed by atoms with Crippen LogP contribution in [0.3, 0.4) is 0 Å². The van der Waals surface area contributed by atoms with Crippen molar-refractivity contribution in [2.24, 2.45) is 0 Å². The van der Waals surface area contributed by atoms with Gasteiger partial charge in [-0.25, -0.2) is 4.68 Å². The Morgan fingerprint density at radius 2 is 1.71 bits per heavy atom. The van der Waals surface area contributed by atoms with E-state index in [0.717, 1.165) is 28.9 Å². The van der Waals surface area contributed by atoms with Gasteiger partial charge in [-0.05, 0) is 41.3 Å². The molecule has 1 aliphatic heterocycles. The fraction of sp³-hybridized carbons (Fsp3) is 0.148. The molecule has 2 heterocycles. The lowest BCUT2D eigenvalue weighted by molar-refractivity contribution is -0.111. The van der Waals surface area contributed by atoms with Crippen LogP contribution in [0.1, 0.15) is 35.2 Å². The highest BCUT2D eigenvalue weighted by Gasteiger charge is 2.31. The molecule has 0 saturated heterocycles. The Morgan fingerprint density at radius 1 is 1.00 bits per heavy atom. The number of carbonyl (C=O) groups is 1. The summed E-state index contributed by atoms with van der Waals surface area (Å²) in [7, 11) is 1.66. The quantitative estimate of drug-likeness (QED) is 0.399. The number of anilines is 2. The molecule has 0 radical (unpaired) electrons. The highest BCUT2D eigenvalue weighted by Crippen LogP contribution is 2.38. The summed E-state index contributed by atoms with van der Waals surface area (Å²) in [6.45, 7) is 0. The molecule has 1 amide bonds. The van der Waals surface area contributed by atoms with Gasteiger partial charge in [-0.3, -0.25) is 10.1 Å². The van der Waals surface area contributed by atoms with Gasteiger partial charge in [0, 0.05) is 6.08 Å². The molecule has 170 valence electrons. The molecule has 7 heteroatoms. The van der Waals surface area contributed by atoms with Crippen molar-refractivity contribution in [1.82, 2.24) is 14.8 Å². The zero-order chi connectivity index (χ0) is 23.3. The van der Waals surface area contributed by atoms with Crippen LogP contribution >= 0.6 is 0 Å². The summed E-state index contributed by atoms with van der Waals surface area (Å²) >= 11 is 0. The highest BCUT2D eigenvalue weighted by molar-refractivity contribution is 6.00. The zero-order valence-electron chi connectivity index (χ0n) is 18.8. The van der Waals surface area contributed by atoms with Crippen molar-refractivity contribution in [2.45, 2.75) is 18.5 Å². The summed E-state index contributed by atoms with van der Waals surface area (Å²) in [4.78, 5) is 17.1. The van der Waals surface area contributed by atoms with Crippen LogP contribution in [-0.4, -0.2) is 27.8 Å². The summed E-state index contributed by atoms with van der Waals surface area (Å²) in [5, 5.41) is 10.9. The van der Waals surface area contributed by atoms with Crippen molar-refractivity contribution in [2.75, 3.05) is 17.7 Å². The normalized spacial score (nSPS) is 17.1. The van der Waals surface area contributed by atoms with Crippen molar-refractivity contribution in [3.05, 3.63) is 108 Å². The Morgan fingerprint density at radius 3 is 2.41 bits per heavy atom. The van der Waals surface area contributed by atoms with Gasteiger partial charge in [0.05, 0.1) is 19.2 Å². The summed E-state index contributed by atoms with van der Waals surface area (Å²) in [6.07, 6.45) is 4.03. The number of methoxy groups -OCH3 is 1. The minimum atomic E-state index is -0.283. The molecule has 0 unspecified atom stereocenters. The first-order chi connectivity index (χ1) is 16.7. The molecule has 2 atom stereocenters. The second-order valence-corrected chi connectivity index (χ2v) is 8.07. The van der Waals surface area contributed by atoms with E-state index in [1.807, 2.05) is 65.3 Å². The van der Waals surface area contributed by atoms with Crippen molar-refractivity contribution in [3.8, 4) is 5.75 Å². The number of fused-ring (bicyclic) bond motifs is 1. The molecule has 1 aliphatic rings. The molecule has 3 aromatic carbocycles. The van der Waals surface area contributed by atoms with Gasteiger partial charge in [0.15, 0.2) is 0 Å². The highest BCUT2D eigenvalue weighted by atomic mass is 16.5. The molecule has 7 nitrogen and oxygen atoms in total. The standard InChI is InChI=1S/C27H25N5O2/c1-34-22-15-13-20(14-16-22)23-18-24(21-10-6-3-7-11-21)32-27(28-23)30-26(31-32)29-25(33)17-12-19-8-4-2-5-9-19/h2-17,23-24H,18H2,1H3,(H2,28,29,30,31,33)/b17-12+/t23-,24+/m1/s1. The third-order valence-electron chi connectivity index (χ3n) is 5.85. The maximum absolute atomic E-state index is 12.5. The van der Waals surface area contributed by atoms with Gasteiger partial charge in [0.1, 0.15) is 5.75 Å². The van der Waals surface area contributed by atoms with Crippen LogP contribution in [0, 0.1) is 0 Å². The lowest BCUT2D eigenvalue weighted by Crippen LogP contribution is -2.28. The van der Waals surface area contributed by atoms with Gasteiger partial charge in [0.25, 0.3) is 11.9 Å². The monoisotopic (exact) mass is 451 g/mol. The van der Waals surface area contributed by atoms with E-state index in [1.165, 1.54) is 6.08 Å². The number of amides is 1. The van der Waals surface area contributed by atoms with E-state index in [-0.39, 0.29) is 23.9 Å². The fourth-order valence-corrected chi connectivity index (χ4v) is 4.13. The largest absolute Gasteiger partial charge is 0.497 e. The summed E-state index contributed by atoms with van der Waals surface area (Å²) in [5.41, 5.74) is 3.21. The van der Waals surface area contributed by atoms with Crippen molar-refractivity contribution < 1.29 is 9.53 Å². The molecule has 0 fully saturated rings. The summed E-state index contributed by atoms with van der Waals surface area (Å²) < 4.78 is 7.15. The first kappa shape index (κ1) is 21.5. The summed E-state index contributed by atoms with van der Waals surface area (Å²) in [6, 6.07) is 27.9. The van der Waals surface area contributed by atoms with Gasteiger partial charge < -0.3 is 10.1 Å². The number of nitrogens with one attached hydrogen (secondary N) is 2. The third kappa shape index (κ3) is 4.68. The van der Waals surface area contributed by atoms with Crippen molar-refractivity contribution in [1.29, 1.82) is 0 Å². The van der Waals surface area contributed by atoms with E-state index in [4.69, 9.17) is 4.74 Å². The Kier molecular flexibility index (Phi) is 6.07. The van der Waals surface area contributed by atoms with Gasteiger partial charge in [0.2, 0.25) is 5.95 Å². The number of ether oxygens (including phenoxy) is 1. The van der Waals surface area contributed by atoms with Crippen LogP contribution in [0.2, 0.25) is 0 Å². The molecule has 0 bridgehead atoms.